The average molecular weight is 500 g/mol. The fourth-order valence-electron chi connectivity index (χ4n) is 6.74. The van der Waals surface area contributed by atoms with Crippen LogP contribution >= 0.6 is 0 Å². The highest BCUT2D eigenvalue weighted by molar-refractivity contribution is 5.97. The standard InChI is InChI=1S/C33H41NO3/c1-23(2)25-12-14-29(15-13-25)33-18-5-7-27(21-33)28(17-19-33)22-34(32(36)26-10-11-26)30-8-4-6-24(20-30)9-16-31(35)37-3/h4,6,8-9,12-16,20,23,26-28H,5,7,10-11,17-19,21-22H2,1-3H3/b16-9+. The number of carbonyl (C=O) groups is 2. The van der Waals surface area contributed by atoms with Gasteiger partial charge in [0.05, 0.1) is 7.11 Å². The molecule has 37 heavy (non-hydrogen) atoms. The predicted molar refractivity (Wildman–Crippen MR) is 149 cm³/mol. The summed E-state index contributed by atoms with van der Waals surface area (Å²) in [5.41, 5.74) is 5.09. The zero-order valence-corrected chi connectivity index (χ0v) is 22.6. The van der Waals surface area contributed by atoms with Gasteiger partial charge in [0.15, 0.2) is 0 Å². The van der Waals surface area contributed by atoms with E-state index in [4.69, 9.17) is 4.74 Å². The first-order valence-corrected chi connectivity index (χ1v) is 14.2. The minimum atomic E-state index is -0.377. The third kappa shape index (κ3) is 5.68. The summed E-state index contributed by atoms with van der Waals surface area (Å²) >= 11 is 0. The molecule has 0 radical (unpaired) electrons. The molecular weight excluding hydrogens is 458 g/mol. The molecule has 0 N–H and O–H groups in total. The monoisotopic (exact) mass is 499 g/mol. The topological polar surface area (TPSA) is 46.6 Å². The van der Waals surface area contributed by atoms with Gasteiger partial charge in [0.2, 0.25) is 5.91 Å². The van der Waals surface area contributed by atoms with Crippen molar-refractivity contribution in [1.29, 1.82) is 0 Å². The fraction of sp³-hybridized carbons (Fsp3) is 0.515. The van der Waals surface area contributed by atoms with Crippen LogP contribution < -0.4 is 4.90 Å². The van der Waals surface area contributed by atoms with Crippen molar-refractivity contribution < 1.29 is 14.3 Å². The molecule has 3 aliphatic rings. The summed E-state index contributed by atoms with van der Waals surface area (Å²) in [7, 11) is 1.38. The van der Waals surface area contributed by atoms with E-state index in [-0.39, 0.29) is 17.8 Å². The SMILES string of the molecule is COC(=O)/C=C/c1cccc(N(CC2CCC3(c4ccc(C(C)C)cc4)CCCC2C3)C(=O)C2CC2)c1. The molecule has 5 rings (SSSR count). The molecule has 3 fully saturated rings. The summed E-state index contributed by atoms with van der Waals surface area (Å²) < 4.78 is 4.73. The van der Waals surface area contributed by atoms with Crippen molar-refractivity contribution in [1.82, 2.24) is 0 Å². The molecule has 3 unspecified atom stereocenters. The lowest BCUT2D eigenvalue weighted by molar-refractivity contribution is -0.134. The largest absolute Gasteiger partial charge is 0.466 e. The number of fused-ring (bicyclic) bond motifs is 2. The second-order valence-corrected chi connectivity index (χ2v) is 11.9. The number of esters is 1. The molecule has 1 amide bonds. The van der Waals surface area contributed by atoms with Crippen LogP contribution in [-0.4, -0.2) is 25.5 Å². The van der Waals surface area contributed by atoms with Crippen LogP contribution in [0.4, 0.5) is 5.69 Å². The first-order chi connectivity index (χ1) is 17.9. The Bertz CT molecular complexity index is 1150. The highest BCUT2D eigenvalue weighted by Crippen LogP contribution is 2.53. The molecule has 2 aromatic carbocycles. The minimum absolute atomic E-state index is 0.169. The maximum Gasteiger partial charge on any atom is 0.330 e. The Morgan fingerprint density at radius 1 is 1.05 bits per heavy atom. The molecule has 196 valence electrons. The lowest BCUT2D eigenvalue weighted by Gasteiger charge is -2.50. The Morgan fingerprint density at radius 3 is 2.54 bits per heavy atom. The van der Waals surface area contributed by atoms with E-state index in [1.807, 2.05) is 24.3 Å². The van der Waals surface area contributed by atoms with Crippen LogP contribution in [0.25, 0.3) is 6.08 Å². The van der Waals surface area contributed by atoms with Crippen molar-refractivity contribution in [3.05, 3.63) is 71.3 Å². The molecule has 0 heterocycles. The van der Waals surface area contributed by atoms with Gasteiger partial charge in [0.1, 0.15) is 0 Å². The van der Waals surface area contributed by atoms with Crippen LogP contribution in [0, 0.1) is 17.8 Å². The van der Waals surface area contributed by atoms with Crippen LogP contribution in [0.1, 0.15) is 87.8 Å². The minimum Gasteiger partial charge on any atom is -0.466 e. The smallest absolute Gasteiger partial charge is 0.330 e. The molecule has 3 aliphatic carbocycles. The van der Waals surface area contributed by atoms with Crippen molar-refractivity contribution >= 4 is 23.6 Å². The molecule has 0 aromatic heterocycles. The number of amides is 1. The number of ether oxygens (including phenoxy) is 1. The Morgan fingerprint density at radius 2 is 1.84 bits per heavy atom. The van der Waals surface area contributed by atoms with E-state index < -0.39 is 0 Å². The Balaban J connectivity index is 1.34. The van der Waals surface area contributed by atoms with E-state index >= 15 is 0 Å². The van der Waals surface area contributed by atoms with Gasteiger partial charge < -0.3 is 9.64 Å². The summed E-state index contributed by atoms with van der Waals surface area (Å²) in [6.07, 6.45) is 12.7. The quantitative estimate of drug-likeness (QED) is 0.283. The third-order valence-corrected chi connectivity index (χ3v) is 9.14. The highest BCUT2D eigenvalue weighted by atomic mass is 16.5. The van der Waals surface area contributed by atoms with E-state index in [1.54, 1.807) is 6.08 Å². The van der Waals surface area contributed by atoms with Crippen LogP contribution in [0.2, 0.25) is 0 Å². The highest BCUT2D eigenvalue weighted by Gasteiger charge is 2.45. The van der Waals surface area contributed by atoms with E-state index in [0.717, 1.165) is 30.6 Å². The number of methoxy groups -OCH3 is 1. The lowest BCUT2D eigenvalue weighted by Crippen LogP contribution is -2.46. The van der Waals surface area contributed by atoms with Gasteiger partial charge in [0, 0.05) is 24.2 Å². The predicted octanol–water partition coefficient (Wildman–Crippen LogP) is 7.28. The van der Waals surface area contributed by atoms with Gasteiger partial charge in [0.25, 0.3) is 0 Å². The number of hydrogen-bond acceptors (Lipinski definition) is 3. The summed E-state index contributed by atoms with van der Waals surface area (Å²) in [6.45, 7) is 5.32. The summed E-state index contributed by atoms with van der Waals surface area (Å²) in [6, 6.07) is 17.5. The number of anilines is 1. The van der Waals surface area contributed by atoms with E-state index in [2.05, 4.69) is 43.0 Å². The molecule has 2 bridgehead atoms. The van der Waals surface area contributed by atoms with Crippen molar-refractivity contribution in [3.8, 4) is 0 Å². The number of carbonyl (C=O) groups excluding carboxylic acids is 2. The van der Waals surface area contributed by atoms with Gasteiger partial charge in [-0.15, -0.1) is 0 Å². The molecule has 3 atom stereocenters. The van der Waals surface area contributed by atoms with Crippen LogP contribution in [0.15, 0.2) is 54.6 Å². The van der Waals surface area contributed by atoms with Crippen molar-refractivity contribution in [3.63, 3.8) is 0 Å². The molecule has 0 saturated heterocycles. The molecule has 2 aromatic rings. The third-order valence-electron chi connectivity index (χ3n) is 9.14. The van der Waals surface area contributed by atoms with Crippen LogP contribution in [0.5, 0.6) is 0 Å². The van der Waals surface area contributed by atoms with Gasteiger partial charge in [-0.05, 0) is 96.6 Å². The van der Waals surface area contributed by atoms with E-state index in [0.29, 0.717) is 23.2 Å². The van der Waals surface area contributed by atoms with Gasteiger partial charge in [-0.25, -0.2) is 4.79 Å². The number of hydrogen-bond donors (Lipinski definition) is 0. The maximum atomic E-state index is 13.5. The first kappa shape index (κ1) is 25.8. The second kappa shape index (κ2) is 10.8. The Labute approximate surface area is 222 Å². The second-order valence-electron chi connectivity index (χ2n) is 11.9. The maximum absolute atomic E-state index is 13.5. The van der Waals surface area contributed by atoms with Crippen molar-refractivity contribution in [2.45, 2.75) is 76.5 Å². The lowest BCUT2D eigenvalue weighted by atomic mass is 9.56. The van der Waals surface area contributed by atoms with E-state index in [9.17, 15) is 9.59 Å². The van der Waals surface area contributed by atoms with Gasteiger partial charge in [-0.1, -0.05) is 63.1 Å². The summed E-state index contributed by atoms with van der Waals surface area (Å²) in [5, 5.41) is 0. The summed E-state index contributed by atoms with van der Waals surface area (Å²) in [4.78, 5) is 27.1. The van der Waals surface area contributed by atoms with Gasteiger partial charge >= 0.3 is 5.97 Å². The number of benzene rings is 2. The number of nitrogens with zero attached hydrogens (tertiary/aromatic N) is 1. The van der Waals surface area contributed by atoms with Crippen LogP contribution in [-0.2, 0) is 19.7 Å². The normalized spacial score (nSPS) is 25.3. The molecule has 4 heteroatoms. The average Bonchev–Trinajstić information content (AvgIpc) is 3.77. The Hall–Kier alpha value is -2.88. The summed E-state index contributed by atoms with van der Waals surface area (Å²) in [5.74, 6) is 1.81. The van der Waals surface area contributed by atoms with Gasteiger partial charge in [-0.3, -0.25) is 4.79 Å². The van der Waals surface area contributed by atoms with Crippen molar-refractivity contribution in [2.75, 3.05) is 18.6 Å². The zero-order valence-electron chi connectivity index (χ0n) is 22.6. The molecule has 3 saturated carbocycles. The molecule has 0 spiro atoms. The first-order valence-electron chi connectivity index (χ1n) is 14.2. The molecular formula is C33H41NO3. The van der Waals surface area contributed by atoms with E-state index in [1.165, 1.54) is 62.8 Å². The fourth-order valence-corrected chi connectivity index (χ4v) is 6.74. The van der Waals surface area contributed by atoms with Crippen molar-refractivity contribution in [2.24, 2.45) is 17.8 Å². The van der Waals surface area contributed by atoms with Crippen LogP contribution in [0.3, 0.4) is 0 Å². The molecule has 0 aliphatic heterocycles. The zero-order chi connectivity index (χ0) is 26.0. The van der Waals surface area contributed by atoms with Gasteiger partial charge in [-0.2, -0.15) is 0 Å². The Kier molecular flexibility index (Phi) is 7.55. The molecule has 4 nitrogen and oxygen atoms in total. The number of rotatable bonds is 8.